The number of nitrogens with zero attached hydrogens (tertiary/aromatic N) is 1. The molecule has 8 heteroatoms. The van der Waals surface area contributed by atoms with Crippen LogP contribution in [0.5, 0.6) is 11.5 Å². The predicted octanol–water partition coefficient (Wildman–Crippen LogP) is 9.05. The molecule has 0 saturated heterocycles. The molecular formula is C31H37F4NO3. The Morgan fingerprint density at radius 1 is 0.795 bits per heavy atom. The van der Waals surface area contributed by atoms with Crippen LogP contribution >= 0.6 is 0 Å². The molecule has 212 valence electrons. The van der Waals surface area contributed by atoms with Gasteiger partial charge in [0.2, 0.25) is 0 Å². The monoisotopic (exact) mass is 547 g/mol. The van der Waals surface area contributed by atoms with Crippen LogP contribution in [-0.4, -0.2) is 12.6 Å². The zero-order valence-corrected chi connectivity index (χ0v) is 22.5. The van der Waals surface area contributed by atoms with E-state index in [0.29, 0.717) is 24.7 Å². The van der Waals surface area contributed by atoms with Gasteiger partial charge in [0.25, 0.3) is 0 Å². The molecule has 1 aliphatic rings. The van der Waals surface area contributed by atoms with Crippen molar-refractivity contribution >= 4 is 5.97 Å². The van der Waals surface area contributed by atoms with Gasteiger partial charge >= 0.3 is 5.97 Å². The second-order valence-electron chi connectivity index (χ2n) is 10.5. The number of ether oxygens (including phenoxy) is 2. The van der Waals surface area contributed by atoms with E-state index in [0.717, 1.165) is 43.7 Å². The molecule has 0 N–H and O–H groups in total. The molecule has 0 amide bonds. The normalized spacial score (nSPS) is 17.0. The molecule has 0 bridgehead atoms. The van der Waals surface area contributed by atoms with E-state index in [1.807, 2.05) is 0 Å². The number of unbranched alkanes of at least 4 members (excludes halogenated alkanes) is 7. The molecule has 0 aromatic heterocycles. The molecule has 2 aromatic carbocycles. The standard InChI is InChI=1S/C31H37F4NO3/c1-2-3-4-5-6-7-8-9-10-21-11-13-22(14-12-21)20-38-23-15-28(34)30(29(35)16-23)31(37)39-24-17-26(32)25(19-36)27(33)18-24/h15-18,21-22H,2-14,20H2,1H3/t21-,22-. The van der Waals surface area contributed by atoms with Gasteiger partial charge in [0.15, 0.2) is 0 Å². The van der Waals surface area contributed by atoms with Crippen molar-refractivity contribution in [3.05, 3.63) is 58.7 Å². The molecule has 0 radical (unpaired) electrons. The number of nitriles is 1. The van der Waals surface area contributed by atoms with E-state index >= 15 is 0 Å². The summed E-state index contributed by atoms with van der Waals surface area (Å²) >= 11 is 0. The van der Waals surface area contributed by atoms with Crippen molar-refractivity contribution in [3.8, 4) is 17.6 Å². The maximum atomic E-state index is 14.6. The van der Waals surface area contributed by atoms with Crippen LogP contribution in [0.3, 0.4) is 0 Å². The maximum Gasteiger partial charge on any atom is 0.349 e. The number of halogens is 4. The number of rotatable bonds is 14. The Bertz CT molecular complexity index is 1090. The highest BCUT2D eigenvalue weighted by Gasteiger charge is 2.24. The van der Waals surface area contributed by atoms with Gasteiger partial charge in [-0.05, 0) is 24.7 Å². The second-order valence-corrected chi connectivity index (χ2v) is 10.5. The highest BCUT2D eigenvalue weighted by molar-refractivity contribution is 5.91. The van der Waals surface area contributed by atoms with Crippen molar-refractivity contribution in [1.82, 2.24) is 0 Å². The van der Waals surface area contributed by atoms with Crippen LogP contribution < -0.4 is 9.47 Å². The first-order valence-corrected chi connectivity index (χ1v) is 14.1. The van der Waals surface area contributed by atoms with E-state index in [1.54, 1.807) is 0 Å². The summed E-state index contributed by atoms with van der Waals surface area (Å²) in [6.07, 6.45) is 16.1. The molecule has 0 aliphatic heterocycles. The van der Waals surface area contributed by atoms with Crippen LogP contribution in [0.15, 0.2) is 24.3 Å². The zero-order chi connectivity index (χ0) is 28.2. The zero-order valence-electron chi connectivity index (χ0n) is 22.5. The topological polar surface area (TPSA) is 59.3 Å². The van der Waals surface area contributed by atoms with Crippen LogP contribution in [0.4, 0.5) is 17.6 Å². The summed E-state index contributed by atoms with van der Waals surface area (Å²) in [4.78, 5) is 12.3. The Balaban J connectivity index is 1.42. The van der Waals surface area contributed by atoms with Crippen molar-refractivity contribution < 1.29 is 31.8 Å². The molecule has 1 fully saturated rings. The number of esters is 1. The van der Waals surface area contributed by atoms with Gasteiger partial charge in [-0.15, -0.1) is 0 Å². The largest absolute Gasteiger partial charge is 0.493 e. The van der Waals surface area contributed by atoms with E-state index in [4.69, 9.17) is 14.7 Å². The lowest BCUT2D eigenvalue weighted by atomic mass is 9.80. The first-order valence-electron chi connectivity index (χ1n) is 14.1. The maximum absolute atomic E-state index is 14.6. The molecule has 1 aliphatic carbocycles. The van der Waals surface area contributed by atoms with Gasteiger partial charge in [-0.25, -0.2) is 22.4 Å². The summed E-state index contributed by atoms with van der Waals surface area (Å²) in [5.41, 5.74) is -1.86. The molecule has 1 saturated carbocycles. The lowest BCUT2D eigenvalue weighted by Crippen LogP contribution is -2.20. The van der Waals surface area contributed by atoms with Gasteiger partial charge in [-0.1, -0.05) is 77.6 Å². The van der Waals surface area contributed by atoms with Crippen LogP contribution in [0.2, 0.25) is 0 Å². The van der Waals surface area contributed by atoms with Crippen LogP contribution in [0.1, 0.15) is 106 Å². The Labute approximate surface area is 228 Å². The summed E-state index contributed by atoms with van der Waals surface area (Å²) < 4.78 is 67.1. The first kappa shape index (κ1) is 30.5. The third kappa shape index (κ3) is 9.26. The van der Waals surface area contributed by atoms with Gasteiger partial charge < -0.3 is 9.47 Å². The fraction of sp³-hybridized carbons (Fsp3) is 0.548. The van der Waals surface area contributed by atoms with E-state index in [1.165, 1.54) is 63.9 Å². The lowest BCUT2D eigenvalue weighted by molar-refractivity contribution is 0.0723. The smallest absolute Gasteiger partial charge is 0.349 e. The van der Waals surface area contributed by atoms with Gasteiger partial charge in [-0.2, -0.15) is 5.26 Å². The number of hydrogen-bond donors (Lipinski definition) is 0. The average Bonchev–Trinajstić information content (AvgIpc) is 2.89. The van der Waals surface area contributed by atoms with Crippen LogP contribution in [0, 0.1) is 46.4 Å². The van der Waals surface area contributed by atoms with Crippen molar-refractivity contribution in [2.24, 2.45) is 11.8 Å². The Kier molecular flexibility index (Phi) is 12.1. The minimum Gasteiger partial charge on any atom is -0.493 e. The van der Waals surface area contributed by atoms with Crippen molar-refractivity contribution in [1.29, 1.82) is 5.26 Å². The third-order valence-electron chi connectivity index (χ3n) is 7.48. The highest BCUT2D eigenvalue weighted by Crippen LogP contribution is 2.33. The van der Waals surface area contributed by atoms with Gasteiger partial charge in [0, 0.05) is 24.3 Å². The highest BCUT2D eigenvalue weighted by atomic mass is 19.1. The Morgan fingerprint density at radius 2 is 1.31 bits per heavy atom. The number of benzene rings is 2. The molecule has 0 unspecified atom stereocenters. The SMILES string of the molecule is CCCCCCCCCC[C@H]1CC[C@H](COc2cc(F)c(C(=O)Oc3cc(F)c(C#N)c(F)c3)c(F)c2)CC1. The Morgan fingerprint density at radius 3 is 1.87 bits per heavy atom. The van der Waals surface area contributed by atoms with E-state index in [2.05, 4.69) is 6.92 Å². The van der Waals surface area contributed by atoms with E-state index < -0.39 is 46.1 Å². The molecule has 39 heavy (non-hydrogen) atoms. The predicted molar refractivity (Wildman–Crippen MR) is 141 cm³/mol. The molecule has 2 aromatic rings. The summed E-state index contributed by atoms with van der Waals surface area (Å²) in [5.74, 6) is -6.02. The van der Waals surface area contributed by atoms with E-state index in [9.17, 15) is 22.4 Å². The fourth-order valence-corrected chi connectivity index (χ4v) is 5.17. The van der Waals surface area contributed by atoms with Crippen molar-refractivity contribution in [2.45, 2.75) is 90.4 Å². The van der Waals surface area contributed by atoms with Crippen LogP contribution in [-0.2, 0) is 0 Å². The van der Waals surface area contributed by atoms with Gasteiger partial charge in [0.05, 0.1) is 6.61 Å². The minimum atomic E-state index is -1.46. The second kappa shape index (κ2) is 15.5. The molecule has 4 nitrogen and oxygen atoms in total. The van der Waals surface area contributed by atoms with Crippen molar-refractivity contribution in [3.63, 3.8) is 0 Å². The Hall–Kier alpha value is -3.08. The number of carbonyl (C=O) groups excluding carboxylic acids is 1. The molecule has 0 atom stereocenters. The summed E-state index contributed by atoms with van der Waals surface area (Å²) in [6.45, 7) is 2.56. The quantitative estimate of drug-likeness (QED) is 0.102. The van der Waals surface area contributed by atoms with E-state index in [-0.39, 0.29) is 5.75 Å². The lowest BCUT2D eigenvalue weighted by Gasteiger charge is -2.28. The molecular weight excluding hydrogens is 510 g/mol. The molecule has 3 rings (SSSR count). The van der Waals surface area contributed by atoms with Crippen molar-refractivity contribution in [2.75, 3.05) is 6.61 Å². The number of hydrogen-bond acceptors (Lipinski definition) is 4. The van der Waals surface area contributed by atoms with Crippen LogP contribution in [0.25, 0.3) is 0 Å². The summed E-state index contributed by atoms with van der Waals surface area (Å²) in [5, 5.41) is 8.71. The summed E-state index contributed by atoms with van der Waals surface area (Å²) in [6, 6.07) is 4.31. The summed E-state index contributed by atoms with van der Waals surface area (Å²) in [7, 11) is 0. The third-order valence-corrected chi connectivity index (χ3v) is 7.48. The average molecular weight is 548 g/mol. The first-order chi connectivity index (χ1) is 18.8. The molecule has 0 heterocycles. The fourth-order valence-electron chi connectivity index (χ4n) is 5.17. The molecule has 0 spiro atoms. The minimum absolute atomic E-state index is 0.0435. The van der Waals surface area contributed by atoms with Gasteiger partial charge in [-0.3, -0.25) is 0 Å². The van der Waals surface area contributed by atoms with Gasteiger partial charge in [0.1, 0.15) is 52.0 Å². The number of carbonyl (C=O) groups is 1.